The molecule has 2 fully saturated rings. The molecule has 6 nitrogen and oxygen atoms in total. The number of carbonyl (C=O) groups is 1. The first kappa shape index (κ1) is 18.8. The van der Waals surface area contributed by atoms with Gasteiger partial charge in [0.2, 0.25) is 0 Å². The quantitative estimate of drug-likeness (QED) is 0.428. The predicted octanol–water partition coefficient (Wildman–Crippen LogP) is 1.48. The highest BCUT2D eigenvalue weighted by molar-refractivity contribution is 5.76. The van der Waals surface area contributed by atoms with E-state index in [-0.39, 0.29) is 35.6 Å². The summed E-state index contributed by atoms with van der Waals surface area (Å²) < 4.78 is 16.0. The Labute approximate surface area is 149 Å². The minimum Gasteiger partial charge on any atom is -0.461 e. The van der Waals surface area contributed by atoms with E-state index < -0.39 is 6.10 Å². The molecule has 1 saturated heterocycles. The van der Waals surface area contributed by atoms with Gasteiger partial charge in [-0.2, -0.15) is 0 Å². The van der Waals surface area contributed by atoms with Gasteiger partial charge in [0.05, 0.1) is 12.0 Å². The number of allylic oxidation sites excluding steroid dienone is 1. The molecule has 1 saturated carbocycles. The maximum Gasteiger partial charge on any atom is 0.311 e. The van der Waals surface area contributed by atoms with Crippen LogP contribution in [0.2, 0.25) is 0 Å². The van der Waals surface area contributed by atoms with E-state index in [1.807, 2.05) is 0 Å². The summed E-state index contributed by atoms with van der Waals surface area (Å²) in [5.74, 6) is -0.296. The third-order valence-electron chi connectivity index (χ3n) is 6.77. The molecule has 6 atom stereocenters. The molecule has 0 aromatic carbocycles. The van der Waals surface area contributed by atoms with Crippen LogP contribution in [0, 0.1) is 23.2 Å². The van der Waals surface area contributed by atoms with Crippen molar-refractivity contribution in [2.45, 2.75) is 51.6 Å². The summed E-state index contributed by atoms with van der Waals surface area (Å²) in [6.45, 7) is 5.32. The van der Waals surface area contributed by atoms with Crippen LogP contribution in [0.3, 0.4) is 0 Å². The molecule has 3 aliphatic rings. The van der Waals surface area contributed by atoms with Gasteiger partial charge in [-0.05, 0) is 18.8 Å². The molecule has 0 spiro atoms. The van der Waals surface area contributed by atoms with Crippen molar-refractivity contribution in [3.63, 3.8) is 0 Å². The van der Waals surface area contributed by atoms with Crippen molar-refractivity contribution in [2.24, 2.45) is 23.2 Å². The Hall–Kier alpha value is -0.950. The van der Waals surface area contributed by atoms with Gasteiger partial charge in [0.15, 0.2) is 6.29 Å². The summed E-state index contributed by atoms with van der Waals surface area (Å²) in [6, 6.07) is 0. The maximum absolute atomic E-state index is 12.4. The smallest absolute Gasteiger partial charge is 0.311 e. The monoisotopic (exact) mass is 353 g/mol. The SMILES string of the molecule is COC(CNCC1C(=O)OC2CC3=CCCC(C)C3(C)C(O)C21)OC. The number of hydrogen-bond acceptors (Lipinski definition) is 6. The minimum absolute atomic E-state index is 0.161. The zero-order valence-corrected chi connectivity index (χ0v) is 15.7. The topological polar surface area (TPSA) is 77.0 Å². The molecule has 2 N–H and O–H groups in total. The summed E-state index contributed by atoms with van der Waals surface area (Å²) in [5.41, 5.74) is 1.01. The summed E-state index contributed by atoms with van der Waals surface area (Å²) in [5, 5.41) is 14.5. The number of fused-ring (bicyclic) bond motifs is 2. The fraction of sp³-hybridized carbons (Fsp3) is 0.842. The van der Waals surface area contributed by atoms with E-state index in [1.54, 1.807) is 14.2 Å². The standard InChI is InChI=1S/C19H31NO5/c1-11-6-5-7-12-8-14-16(17(21)19(11,12)2)13(18(22)25-14)9-20-10-15(23-3)24-4/h7,11,13-17,20-21H,5-6,8-10H2,1-4H3. The summed E-state index contributed by atoms with van der Waals surface area (Å²) >= 11 is 0. The lowest BCUT2D eigenvalue weighted by Gasteiger charge is -2.51. The van der Waals surface area contributed by atoms with Crippen molar-refractivity contribution in [3.05, 3.63) is 11.6 Å². The third-order valence-corrected chi connectivity index (χ3v) is 6.77. The summed E-state index contributed by atoms with van der Waals surface area (Å²) in [6.07, 6.45) is 4.01. The van der Waals surface area contributed by atoms with E-state index in [0.717, 1.165) is 19.3 Å². The normalized spacial score (nSPS) is 40.5. The number of carbonyl (C=O) groups excluding carboxylic acids is 1. The molecule has 6 unspecified atom stereocenters. The second-order valence-corrected chi connectivity index (χ2v) is 7.86. The fourth-order valence-electron chi connectivity index (χ4n) is 4.92. The largest absolute Gasteiger partial charge is 0.461 e. The Balaban J connectivity index is 1.74. The second-order valence-electron chi connectivity index (χ2n) is 7.86. The highest BCUT2D eigenvalue weighted by atomic mass is 16.7. The van der Waals surface area contributed by atoms with Crippen molar-refractivity contribution in [3.8, 4) is 0 Å². The molecule has 3 rings (SSSR count). The molecule has 6 heteroatoms. The van der Waals surface area contributed by atoms with Crippen LogP contribution >= 0.6 is 0 Å². The number of methoxy groups -OCH3 is 2. The van der Waals surface area contributed by atoms with Crippen molar-refractivity contribution in [1.29, 1.82) is 0 Å². The zero-order valence-electron chi connectivity index (χ0n) is 15.7. The molecule has 0 amide bonds. The van der Waals surface area contributed by atoms with Gasteiger partial charge in [-0.25, -0.2) is 0 Å². The lowest BCUT2D eigenvalue weighted by Crippen LogP contribution is -2.54. The van der Waals surface area contributed by atoms with Crippen molar-refractivity contribution in [1.82, 2.24) is 5.32 Å². The molecule has 2 aliphatic carbocycles. The number of ether oxygens (including phenoxy) is 3. The van der Waals surface area contributed by atoms with Gasteiger partial charge < -0.3 is 24.6 Å². The van der Waals surface area contributed by atoms with Gasteiger partial charge in [0, 0.05) is 45.1 Å². The molecule has 1 aliphatic heterocycles. The lowest BCUT2D eigenvalue weighted by atomic mass is 9.55. The highest BCUT2D eigenvalue weighted by Gasteiger charge is 2.59. The number of rotatable bonds is 6. The minimum atomic E-state index is -0.563. The van der Waals surface area contributed by atoms with Crippen LogP contribution in [0.5, 0.6) is 0 Å². The third kappa shape index (κ3) is 3.14. The number of nitrogens with one attached hydrogen (secondary N) is 1. The average Bonchev–Trinajstić information content (AvgIpc) is 2.90. The molecular weight excluding hydrogens is 322 g/mol. The van der Waals surface area contributed by atoms with Crippen LogP contribution in [0.1, 0.15) is 33.1 Å². The Morgan fingerprint density at radius 1 is 1.44 bits per heavy atom. The van der Waals surface area contributed by atoms with E-state index in [0.29, 0.717) is 19.0 Å². The maximum atomic E-state index is 12.4. The average molecular weight is 353 g/mol. The molecule has 0 radical (unpaired) electrons. The Kier molecular flexibility index (Phi) is 5.54. The number of hydrogen-bond donors (Lipinski definition) is 2. The first-order valence-corrected chi connectivity index (χ1v) is 9.27. The first-order chi connectivity index (χ1) is 11.9. The number of aliphatic hydroxyl groups excluding tert-OH is 1. The predicted molar refractivity (Wildman–Crippen MR) is 92.7 cm³/mol. The Bertz CT molecular complexity index is 532. The van der Waals surface area contributed by atoms with Gasteiger partial charge in [-0.1, -0.05) is 25.5 Å². The first-order valence-electron chi connectivity index (χ1n) is 9.27. The van der Waals surface area contributed by atoms with Gasteiger partial charge in [-0.3, -0.25) is 4.79 Å². The van der Waals surface area contributed by atoms with Crippen LogP contribution in [0.15, 0.2) is 11.6 Å². The Morgan fingerprint density at radius 3 is 2.84 bits per heavy atom. The van der Waals surface area contributed by atoms with Gasteiger partial charge in [-0.15, -0.1) is 0 Å². The van der Waals surface area contributed by atoms with Crippen molar-refractivity contribution in [2.75, 3.05) is 27.3 Å². The molecule has 25 heavy (non-hydrogen) atoms. The van der Waals surface area contributed by atoms with Crippen LogP contribution in [-0.4, -0.2) is 56.9 Å². The number of aliphatic hydroxyl groups is 1. The molecule has 142 valence electrons. The van der Waals surface area contributed by atoms with E-state index in [2.05, 4.69) is 25.2 Å². The molecule has 0 aromatic heterocycles. The van der Waals surface area contributed by atoms with E-state index in [9.17, 15) is 9.90 Å². The molecule has 0 bridgehead atoms. The van der Waals surface area contributed by atoms with Crippen LogP contribution in [0.4, 0.5) is 0 Å². The van der Waals surface area contributed by atoms with Gasteiger partial charge in [0.1, 0.15) is 6.10 Å². The number of esters is 1. The summed E-state index contributed by atoms with van der Waals surface area (Å²) in [7, 11) is 3.17. The fourth-order valence-corrected chi connectivity index (χ4v) is 4.92. The van der Waals surface area contributed by atoms with E-state index in [1.165, 1.54) is 5.57 Å². The Morgan fingerprint density at radius 2 is 2.16 bits per heavy atom. The van der Waals surface area contributed by atoms with Crippen molar-refractivity contribution >= 4 is 5.97 Å². The van der Waals surface area contributed by atoms with E-state index in [4.69, 9.17) is 14.2 Å². The van der Waals surface area contributed by atoms with E-state index >= 15 is 0 Å². The molecular formula is C19H31NO5. The molecule has 0 aromatic rings. The van der Waals surface area contributed by atoms with Crippen molar-refractivity contribution < 1.29 is 24.1 Å². The van der Waals surface area contributed by atoms with Crippen LogP contribution in [0.25, 0.3) is 0 Å². The highest BCUT2D eigenvalue weighted by Crippen LogP contribution is 2.55. The summed E-state index contributed by atoms with van der Waals surface area (Å²) in [4.78, 5) is 12.4. The molecule has 1 heterocycles. The second kappa shape index (κ2) is 7.35. The van der Waals surface area contributed by atoms with Crippen LogP contribution in [-0.2, 0) is 19.0 Å². The zero-order chi connectivity index (χ0) is 18.2. The lowest BCUT2D eigenvalue weighted by molar-refractivity contribution is -0.144. The van der Waals surface area contributed by atoms with Crippen LogP contribution < -0.4 is 5.32 Å². The van der Waals surface area contributed by atoms with Gasteiger partial charge in [0.25, 0.3) is 0 Å². The van der Waals surface area contributed by atoms with Gasteiger partial charge >= 0.3 is 5.97 Å².